The molecule has 2 aromatic carbocycles. The van der Waals surface area contributed by atoms with Crippen molar-refractivity contribution in [2.45, 2.75) is 20.8 Å². The van der Waals surface area contributed by atoms with E-state index < -0.39 is 29.5 Å². The van der Waals surface area contributed by atoms with Crippen LogP contribution in [0.3, 0.4) is 0 Å². The Balaban J connectivity index is 2.24. The van der Waals surface area contributed by atoms with E-state index in [9.17, 15) is 24.0 Å². The van der Waals surface area contributed by atoms with E-state index in [-0.39, 0.29) is 39.5 Å². The molecule has 8 heteroatoms. The van der Waals surface area contributed by atoms with Gasteiger partial charge in [-0.25, -0.2) is 0 Å². The fourth-order valence-electron chi connectivity index (χ4n) is 2.90. The molecule has 0 heterocycles. The summed E-state index contributed by atoms with van der Waals surface area (Å²) < 4.78 is 15.1. The molecule has 2 aromatic rings. The molecule has 0 amide bonds. The molecule has 0 aliphatic heterocycles. The molecule has 142 valence electrons. The second-order valence-corrected chi connectivity index (χ2v) is 5.96. The Bertz CT molecular complexity index is 1060. The Labute approximate surface area is 159 Å². The first-order valence-electron chi connectivity index (χ1n) is 8.14. The minimum absolute atomic E-state index is 0.0235. The molecular formula is C20H14O8. The zero-order valence-corrected chi connectivity index (χ0v) is 15.2. The maximum absolute atomic E-state index is 13.1. The van der Waals surface area contributed by atoms with Gasteiger partial charge in [0, 0.05) is 31.9 Å². The minimum atomic E-state index is -0.692. The SMILES string of the molecule is CC(=O)Oc1ccc2c(c1)C(=O)c1c(OC(C)=O)ccc(OC(C)=O)c1C2=O. The van der Waals surface area contributed by atoms with Gasteiger partial charge in [-0.05, 0) is 30.3 Å². The Morgan fingerprint density at radius 3 is 1.57 bits per heavy atom. The van der Waals surface area contributed by atoms with Crippen molar-refractivity contribution in [3.8, 4) is 17.2 Å². The van der Waals surface area contributed by atoms with Gasteiger partial charge in [0.15, 0.2) is 11.6 Å². The van der Waals surface area contributed by atoms with Crippen LogP contribution in [0.2, 0.25) is 0 Å². The molecule has 3 rings (SSSR count). The molecule has 0 bridgehead atoms. The number of rotatable bonds is 3. The second-order valence-electron chi connectivity index (χ2n) is 5.96. The Morgan fingerprint density at radius 2 is 1.11 bits per heavy atom. The summed E-state index contributed by atoms with van der Waals surface area (Å²) in [7, 11) is 0. The van der Waals surface area contributed by atoms with Crippen LogP contribution in [0.5, 0.6) is 17.2 Å². The summed E-state index contributed by atoms with van der Waals surface area (Å²) in [6.45, 7) is 3.50. The Hall–Kier alpha value is -3.81. The van der Waals surface area contributed by atoms with Gasteiger partial charge in [-0.2, -0.15) is 0 Å². The first-order chi connectivity index (χ1) is 13.2. The zero-order valence-electron chi connectivity index (χ0n) is 15.2. The van der Waals surface area contributed by atoms with Gasteiger partial charge in [0.25, 0.3) is 0 Å². The molecule has 0 N–H and O–H groups in total. The van der Waals surface area contributed by atoms with Gasteiger partial charge in [-0.15, -0.1) is 0 Å². The molecule has 0 saturated heterocycles. The van der Waals surface area contributed by atoms with E-state index in [2.05, 4.69) is 0 Å². The fourth-order valence-corrected chi connectivity index (χ4v) is 2.90. The molecule has 0 atom stereocenters. The van der Waals surface area contributed by atoms with Crippen LogP contribution in [0.4, 0.5) is 0 Å². The van der Waals surface area contributed by atoms with Crippen molar-refractivity contribution in [2.24, 2.45) is 0 Å². The highest BCUT2D eigenvalue weighted by Crippen LogP contribution is 2.39. The number of ether oxygens (including phenoxy) is 3. The third-order valence-corrected chi connectivity index (χ3v) is 3.83. The number of esters is 3. The average molecular weight is 382 g/mol. The van der Waals surface area contributed by atoms with Crippen molar-refractivity contribution in [3.63, 3.8) is 0 Å². The zero-order chi connectivity index (χ0) is 20.6. The number of fused-ring (bicyclic) bond motifs is 2. The van der Waals surface area contributed by atoms with E-state index in [4.69, 9.17) is 14.2 Å². The number of carbonyl (C=O) groups is 5. The van der Waals surface area contributed by atoms with Crippen molar-refractivity contribution in [3.05, 3.63) is 52.6 Å². The van der Waals surface area contributed by atoms with Crippen LogP contribution >= 0.6 is 0 Å². The fraction of sp³-hybridized carbons (Fsp3) is 0.150. The third-order valence-electron chi connectivity index (χ3n) is 3.83. The Kier molecular flexibility index (Phi) is 4.79. The van der Waals surface area contributed by atoms with Gasteiger partial charge in [0.1, 0.15) is 17.2 Å². The van der Waals surface area contributed by atoms with Crippen molar-refractivity contribution in [1.82, 2.24) is 0 Å². The van der Waals surface area contributed by atoms with Gasteiger partial charge >= 0.3 is 17.9 Å². The van der Waals surface area contributed by atoms with E-state index in [1.165, 1.54) is 37.3 Å². The number of hydrogen-bond acceptors (Lipinski definition) is 8. The third kappa shape index (κ3) is 3.39. The average Bonchev–Trinajstić information content (AvgIpc) is 2.59. The topological polar surface area (TPSA) is 113 Å². The maximum atomic E-state index is 13.1. The first-order valence-corrected chi connectivity index (χ1v) is 8.14. The number of ketones is 2. The molecule has 0 unspecified atom stereocenters. The van der Waals surface area contributed by atoms with Crippen LogP contribution in [0.1, 0.15) is 52.6 Å². The number of benzene rings is 2. The Morgan fingerprint density at radius 1 is 0.643 bits per heavy atom. The lowest BCUT2D eigenvalue weighted by atomic mass is 9.83. The summed E-state index contributed by atoms with van der Waals surface area (Å²) in [5.41, 5.74) is -0.357. The molecule has 0 fully saturated rings. The maximum Gasteiger partial charge on any atom is 0.308 e. The van der Waals surface area contributed by atoms with Crippen LogP contribution in [0, 0.1) is 0 Å². The van der Waals surface area contributed by atoms with E-state index in [1.807, 2.05) is 0 Å². The predicted molar refractivity (Wildman–Crippen MR) is 93.7 cm³/mol. The van der Waals surface area contributed by atoms with Gasteiger partial charge in [0.2, 0.25) is 0 Å². The molecule has 1 aliphatic carbocycles. The van der Waals surface area contributed by atoms with Gasteiger partial charge in [-0.1, -0.05) is 0 Å². The molecule has 28 heavy (non-hydrogen) atoms. The van der Waals surface area contributed by atoms with Crippen molar-refractivity contribution in [1.29, 1.82) is 0 Å². The van der Waals surface area contributed by atoms with E-state index in [0.29, 0.717) is 0 Å². The molecule has 1 aliphatic rings. The molecule has 0 spiro atoms. The molecule has 8 nitrogen and oxygen atoms in total. The monoisotopic (exact) mass is 382 g/mol. The summed E-state index contributed by atoms with van der Waals surface area (Å²) in [4.78, 5) is 60.1. The van der Waals surface area contributed by atoms with Crippen LogP contribution in [0.25, 0.3) is 0 Å². The van der Waals surface area contributed by atoms with Crippen LogP contribution < -0.4 is 14.2 Å². The quantitative estimate of drug-likeness (QED) is 0.501. The number of carbonyl (C=O) groups excluding carboxylic acids is 5. The second kappa shape index (κ2) is 7.07. The first kappa shape index (κ1) is 19.0. The summed E-state index contributed by atoms with van der Waals surface area (Å²) >= 11 is 0. The van der Waals surface area contributed by atoms with Crippen molar-refractivity contribution < 1.29 is 38.2 Å². The molecular weight excluding hydrogens is 368 g/mol. The van der Waals surface area contributed by atoms with Gasteiger partial charge < -0.3 is 14.2 Å². The lowest BCUT2D eigenvalue weighted by molar-refractivity contribution is -0.133. The van der Waals surface area contributed by atoms with E-state index in [0.717, 1.165) is 13.8 Å². The normalized spacial score (nSPS) is 12.0. The van der Waals surface area contributed by atoms with Crippen molar-refractivity contribution >= 4 is 29.5 Å². The summed E-state index contributed by atoms with van der Waals surface area (Å²) in [5, 5.41) is 0. The number of hydrogen-bond donors (Lipinski definition) is 0. The predicted octanol–water partition coefficient (Wildman–Crippen LogP) is 2.24. The summed E-state index contributed by atoms with van der Waals surface area (Å²) in [6.07, 6.45) is 0. The van der Waals surface area contributed by atoms with Gasteiger partial charge in [-0.3, -0.25) is 24.0 Å². The van der Waals surface area contributed by atoms with Crippen molar-refractivity contribution in [2.75, 3.05) is 0 Å². The summed E-state index contributed by atoms with van der Waals surface area (Å²) in [6, 6.07) is 6.52. The smallest absolute Gasteiger partial charge is 0.308 e. The highest BCUT2D eigenvalue weighted by atomic mass is 16.5. The molecule has 0 aromatic heterocycles. The molecule has 0 saturated carbocycles. The van der Waals surface area contributed by atoms with Crippen LogP contribution in [-0.4, -0.2) is 29.5 Å². The van der Waals surface area contributed by atoms with Crippen LogP contribution in [0.15, 0.2) is 30.3 Å². The highest BCUT2D eigenvalue weighted by molar-refractivity contribution is 6.30. The summed E-state index contributed by atoms with van der Waals surface area (Å²) in [5.74, 6) is -3.37. The van der Waals surface area contributed by atoms with E-state index >= 15 is 0 Å². The van der Waals surface area contributed by atoms with E-state index in [1.54, 1.807) is 0 Å². The lowest BCUT2D eigenvalue weighted by Gasteiger charge is -2.22. The van der Waals surface area contributed by atoms with Crippen LogP contribution in [-0.2, 0) is 14.4 Å². The minimum Gasteiger partial charge on any atom is -0.427 e. The standard InChI is InChI=1S/C20H14O8/c1-9(21)26-12-4-5-13-14(8-12)20(25)18-16(28-11(3)23)7-6-15(27-10(2)22)17(18)19(13)24/h4-8H,1-3H3. The highest BCUT2D eigenvalue weighted by Gasteiger charge is 2.36. The largest absolute Gasteiger partial charge is 0.427 e. The lowest BCUT2D eigenvalue weighted by Crippen LogP contribution is -2.24. The molecule has 0 radical (unpaired) electrons. The van der Waals surface area contributed by atoms with Gasteiger partial charge in [0.05, 0.1) is 11.1 Å².